The van der Waals surface area contributed by atoms with Gasteiger partial charge in [-0.05, 0) is 57.0 Å². The van der Waals surface area contributed by atoms with E-state index < -0.39 is 34.6 Å². The van der Waals surface area contributed by atoms with Crippen molar-refractivity contribution in [3.8, 4) is 28.8 Å². The quantitative estimate of drug-likeness (QED) is 0.136. The standard InChI is InChI=1S/C32H33F3N8O3/c1-32(2,40-11-13-45-3)15-19(16-36)31(44)42-12-5-6-20(42)17-43-30-26(29(37)38-18-39-30)28(41-43)22-10-9-21(14-24(22)34)46-25-8-4-7-23(33)27(25)35/h4,7-10,14-15,18,20,40H,5-6,11-13,17H2,1-3H3,(H2,37,38,39)/b19-15-/t20-/m0/s1. The number of rotatable bonds is 11. The molecule has 1 fully saturated rings. The molecule has 46 heavy (non-hydrogen) atoms. The summed E-state index contributed by atoms with van der Waals surface area (Å²) in [7, 11) is 1.59. The Labute approximate surface area is 263 Å². The Hall–Kier alpha value is -5.00. The number of ether oxygens (including phenoxy) is 2. The lowest BCUT2D eigenvalue weighted by atomic mass is 10.0. The molecule has 1 saturated heterocycles. The smallest absolute Gasteiger partial charge is 0.264 e. The summed E-state index contributed by atoms with van der Waals surface area (Å²) in [6, 6.07) is 8.99. The molecule has 0 spiro atoms. The van der Waals surface area contributed by atoms with Gasteiger partial charge in [-0.3, -0.25) is 4.79 Å². The summed E-state index contributed by atoms with van der Waals surface area (Å²) in [6.45, 7) is 5.41. The number of nitrogens with zero attached hydrogens (tertiary/aromatic N) is 6. The topological polar surface area (TPSA) is 144 Å². The molecule has 0 bridgehead atoms. The summed E-state index contributed by atoms with van der Waals surface area (Å²) in [5, 5.41) is 18.1. The zero-order chi connectivity index (χ0) is 33.0. The molecule has 3 heterocycles. The molecule has 1 aliphatic heterocycles. The number of nitrogens with two attached hydrogens (primary N) is 1. The van der Waals surface area contributed by atoms with Gasteiger partial charge in [-0.1, -0.05) is 6.07 Å². The second kappa shape index (κ2) is 13.6. The van der Waals surface area contributed by atoms with Crippen LogP contribution in [-0.2, 0) is 16.1 Å². The number of carbonyl (C=O) groups is 1. The van der Waals surface area contributed by atoms with E-state index in [1.54, 1.807) is 22.8 Å². The summed E-state index contributed by atoms with van der Waals surface area (Å²) < 4.78 is 55.3. The Kier molecular flexibility index (Phi) is 9.54. The molecule has 0 aliphatic carbocycles. The van der Waals surface area contributed by atoms with Crippen molar-refractivity contribution >= 4 is 22.8 Å². The molecule has 1 atom stereocenters. The number of methoxy groups -OCH3 is 1. The number of hydrogen-bond acceptors (Lipinski definition) is 9. The minimum atomic E-state index is -1.19. The number of carbonyl (C=O) groups excluding carboxylic acids is 1. The van der Waals surface area contributed by atoms with Gasteiger partial charge < -0.3 is 25.4 Å². The van der Waals surface area contributed by atoms with Gasteiger partial charge >= 0.3 is 0 Å². The van der Waals surface area contributed by atoms with E-state index in [1.165, 1.54) is 30.6 Å². The third kappa shape index (κ3) is 6.80. The molecular formula is C32H33F3N8O3. The molecule has 2 aromatic heterocycles. The fraction of sp³-hybridized carbons (Fsp3) is 0.344. The lowest BCUT2D eigenvalue weighted by Crippen LogP contribution is -2.42. The van der Waals surface area contributed by atoms with Crippen molar-refractivity contribution in [3.05, 3.63) is 71.8 Å². The maximum atomic E-state index is 15.5. The molecule has 240 valence electrons. The number of benzene rings is 2. The van der Waals surface area contributed by atoms with Gasteiger partial charge in [-0.15, -0.1) is 0 Å². The first kappa shape index (κ1) is 32.4. The predicted molar refractivity (Wildman–Crippen MR) is 164 cm³/mol. The van der Waals surface area contributed by atoms with Crippen LogP contribution in [0.1, 0.15) is 26.7 Å². The first-order valence-corrected chi connectivity index (χ1v) is 14.6. The van der Waals surface area contributed by atoms with E-state index in [0.717, 1.165) is 18.6 Å². The third-order valence-corrected chi connectivity index (χ3v) is 7.66. The van der Waals surface area contributed by atoms with Crippen LogP contribution < -0.4 is 15.8 Å². The number of fused-ring (bicyclic) bond motifs is 1. The lowest BCUT2D eigenvalue weighted by molar-refractivity contribution is -0.127. The second-order valence-electron chi connectivity index (χ2n) is 11.4. The van der Waals surface area contributed by atoms with Crippen molar-refractivity contribution in [2.75, 3.05) is 32.5 Å². The van der Waals surface area contributed by atoms with Gasteiger partial charge in [0.05, 0.1) is 24.6 Å². The minimum absolute atomic E-state index is 0.0156. The molecule has 3 N–H and O–H groups in total. The number of nitrogen functional groups attached to an aromatic ring is 1. The number of nitrogens with one attached hydrogen (secondary N) is 1. The van der Waals surface area contributed by atoms with Crippen LogP contribution in [0.4, 0.5) is 19.0 Å². The summed E-state index contributed by atoms with van der Waals surface area (Å²) >= 11 is 0. The largest absolute Gasteiger partial charge is 0.454 e. The fourth-order valence-corrected chi connectivity index (χ4v) is 5.46. The highest BCUT2D eigenvalue weighted by atomic mass is 19.2. The summed E-state index contributed by atoms with van der Waals surface area (Å²) in [5.41, 5.74) is 6.14. The molecule has 4 aromatic rings. The van der Waals surface area contributed by atoms with E-state index in [9.17, 15) is 18.8 Å². The zero-order valence-electron chi connectivity index (χ0n) is 25.6. The van der Waals surface area contributed by atoms with E-state index >= 15 is 4.39 Å². The molecule has 0 saturated carbocycles. The molecule has 5 rings (SSSR count). The maximum Gasteiger partial charge on any atom is 0.264 e. The number of aromatic nitrogens is 4. The van der Waals surface area contributed by atoms with Crippen LogP contribution in [0.3, 0.4) is 0 Å². The Morgan fingerprint density at radius 3 is 2.76 bits per heavy atom. The highest BCUT2D eigenvalue weighted by Crippen LogP contribution is 2.35. The number of amides is 1. The Morgan fingerprint density at radius 2 is 2.02 bits per heavy atom. The van der Waals surface area contributed by atoms with Gasteiger partial charge in [-0.25, -0.2) is 23.4 Å². The lowest BCUT2D eigenvalue weighted by Gasteiger charge is -2.27. The Morgan fingerprint density at radius 1 is 1.22 bits per heavy atom. The Balaban J connectivity index is 1.43. The SMILES string of the molecule is COCCNC(C)(C)/C=C(/C#N)C(=O)N1CCC[C@H]1Cn1nc(-c2ccc(Oc3cccc(F)c3F)cc2F)c2c(N)ncnc21. The minimum Gasteiger partial charge on any atom is -0.454 e. The van der Waals surface area contributed by atoms with Crippen LogP contribution in [0.15, 0.2) is 54.4 Å². The van der Waals surface area contributed by atoms with Crippen molar-refractivity contribution in [3.63, 3.8) is 0 Å². The fourth-order valence-electron chi connectivity index (χ4n) is 5.46. The van der Waals surface area contributed by atoms with Gasteiger partial charge in [0.25, 0.3) is 5.91 Å². The van der Waals surface area contributed by atoms with Crippen LogP contribution in [0, 0.1) is 28.8 Å². The van der Waals surface area contributed by atoms with Crippen molar-refractivity contribution in [1.29, 1.82) is 5.26 Å². The Bertz CT molecular complexity index is 1840. The summed E-state index contributed by atoms with van der Waals surface area (Å²) in [5.74, 6) is -3.82. The number of hydrogen-bond donors (Lipinski definition) is 2. The molecular weight excluding hydrogens is 601 g/mol. The number of nitriles is 1. The third-order valence-electron chi connectivity index (χ3n) is 7.66. The van der Waals surface area contributed by atoms with Crippen molar-refractivity contribution < 1.29 is 27.4 Å². The van der Waals surface area contributed by atoms with Gasteiger partial charge in [-0.2, -0.15) is 14.8 Å². The first-order chi connectivity index (χ1) is 22.0. The van der Waals surface area contributed by atoms with Crippen LogP contribution in [-0.4, -0.2) is 68.9 Å². The molecule has 0 radical (unpaired) electrons. The number of anilines is 1. The van der Waals surface area contributed by atoms with Gasteiger partial charge in [0.2, 0.25) is 5.82 Å². The molecule has 14 heteroatoms. The summed E-state index contributed by atoms with van der Waals surface area (Å²) in [4.78, 5) is 23.6. The number of halogens is 3. The van der Waals surface area contributed by atoms with E-state index in [-0.39, 0.29) is 41.0 Å². The van der Waals surface area contributed by atoms with Crippen molar-refractivity contribution in [2.45, 2.75) is 44.8 Å². The molecule has 1 aliphatic rings. The van der Waals surface area contributed by atoms with Crippen LogP contribution in [0.2, 0.25) is 0 Å². The highest BCUT2D eigenvalue weighted by molar-refractivity contribution is 5.99. The molecule has 0 unspecified atom stereocenters. The predicted octanol–water partition coefficient (Wildman–Crippen LogP) is 4.74. The zero-order valence-corrected chi connectivity index (χ0v) is 25.6. The van der Waals surface area contributed by atoms with Crippen LogP contribution in [0.5, 0.6) is 11.5 Å². The van der Waals surface area contributed by atoms with Crippen LogP contribution in [0.25, 0.3) is 22.3 Å². The molecule has 1 amide bonds. The van der Waals surface area contributed by atoms with Crippen LogP contribution >= 0.6 is 0 Å². The molecule has 11 nitrogen and oxygen atoms in total. The van der Waals surface area contributed by atoms with E-state index in [1.807, 2.05) is 13.8 Å². The second-order valence-corrected chi connectivity index (χ2v) is 11.4. The molecule has 2 aromatic carbocycles. The van der Waals surface area contributed by atoms with E-state index in [4.69, 9.17) is 15.2 Å². The van der Waals surface area contributed by atoms with E-state index in [2.05, 4.69) is 26.5 Å². The average molecular weight is 635 g/mol. The van der Waals surface area contributed by atoms with Gasteiger partial charge in [0.1, 0.15) is 41.0 Å². The normalized spacial score (nSPS) is 15.4. The highest BCUT2D eigenvalue weighted by Gasteiger charge is 2.33. The van der Waals surface area contributed by atoms with E-state index in [0.29, 0.717) is 37.2 Å². The van der Waals surface area contributed by atoms with Gasteiger partial charge in [0, 0.05) is 37.4 Å². The monoisotopic (exact) mass is 634 g/mol. The van der Waals surface area contributed by atoms with Gasteiger partial charge in [0.15, 0.2) is 17.2 Å². The average Bonchev–Trinajstić information content (AvgIpc) is 3.64. The maximum absolute atomic E-state index is 15.5. The number of likely N-dealkylation sites (tertiary alicyclic amines) is 1. The first-order valence-electron chi connectivity index (χ1n) is 14.6. The van der Waals surface area contributed by atoms with Crippen molar-refractivity contribution in [1.82, 2.24) is 30.0 Å². The summed E-state index contributed by atoms with van der Waals surface area (Å²) in [6.07, 6.45) is 4.26. The van der Waals surface area contributed by atoms with Crippen molar-refractivity contribution in [2.24, 2.45) is 0 Å².